The number of hydrogen-bond acceptors (Lipinski definition) is 4. The van der Waals surface area contributed by atoms with E-state index >= 15 is 0 Å². The van der Waals surface area contributed by atoms with E-state index < -0.39 is 0 Å². The van der Waals surface area contributed by atoms with E-state index in [4.69, 9.17) is 9.47 Å². The summed E-state index contributed by atoms with van der Waals surface area (Å²) in [4.78, 5) is 2.65. The summed E-state index contributed by atoms with van der Waals surface area (Å²) in [5, 5.41) is 3.53. The fourth-order valence-corrected chi connectivity index (χ4v) is 3.52. The highest BCUT2D eigenvalue weighted by Gasteiger charge is 2.42. The topological polar surface area (TPSA) is 33.7 Å². The maximum absolute atomic E-state index is 5.68. The standard InChI is InChI=1S/C14H28N2O2/c1-3-14-13-10-15-9-12(13)11-16(14)5-8-18-7-4-6-17-2/h12-15H,3-11H2,1-2H3. The third-order valence-electron chi connectivity index (χ3n) is 4.40. The molecule has 2 rings (SSSR count). The Kier molecular flexibility index (Phi) is 5.89. The van der Waals surface area contributed by atoms with E-state index in [9.17, 15) is 0 Å². The Balaban J connectivity index is 1.63. The molecule has 2 fully saturated rings. The second-order valence-electron chi connectivity index (χ2n) is 5.51. The summed E-state index contributed by atoms with van der Waals surface area (Å²) in [6.07, 6.45) is 2.27. The summed E-state index contributed by atoms with van der Waals surface area (Å²) in [6, 6.07) is 0.771. The Hall–Kier alpha value is -0.160. The summed E-state index contributed by atoms with van der Waals surface area (Å²) >= 11 is 0. The molecule has 4 nitrogen and oxygen atoms in total. The molecule has 0 aromatic heterocycles. The van der Waals surface area contributed by atoms with Gasteiger partial charge in [0, 0.05) is 39.5 Å². The number of fused-ring (bicyclic) bond motifs is 1. The van der Waals surface area contributed by atoms with E-state index in [1.165, 1.54) is 26.1 Å². The molecule has 4 heteroatoms. The van der Waals surface area contributed by atoms with Gasteiger partial charge in [-0.1, -0.05) is 6.92 Å². The van der Waals surface area contributed by atoms with Gasteiger partial charge < -0.3 is 14.8 Å². The maximum Gasteiger partial charge on any atom is 0.0593 e. The number of ether oxygens (including phenoxy) is 2. The minimum absolute atomic E-state index is 0.771. The molecule has 18 heavy (non-hydrogen) atoms. The predicted molar refractivity (Wildman–Crippen MR) is 72.8 cm³/mol. The Morgan fingerprint density at radius 3 is 2.89 bits per heavy atom. The Labute approximate surface area is 111 Å². The molecule has 3 atom stereocenters. The molecule has 2 aliphatic heterocycles. The zero-order valence-electron chi connectivity index (χ0n) is 11.9. The van der Waals surface area contributed by atoms with Crippen LogP contribution in [0.25, 0.3) is 0 Å². The Bertz CT molecular complexity index is 238. The van der Waals surface area contributed by atoms with Gasteiger partial charge in [0.1, 0.15) is 0 Å². The average molecular weight is 256 g/mol. The van der Waals surface area contributed by atoms with Crippen LogP contribution in [0.5, 0.6) is 0 Å². The van der Waals surface area contributed by atoms with E-state index in [0.717, 1.165) is 50.7 Å². The van der Waals surface area contributed by atoms with E-state index in [1.54, 1.807) is 7.11 Å². The molecular weight excluding hydrogens is 228 g/mol. The largest absolute Gasteiger partial charge is 0.385 e. The van der Waals surface area contributed by atoms with Crippen LogP contribution in [0, 0.1) is 11.8 Å². The molecule has 1 N–H and O–H groups in total. The first-order chi connectivity index (χ1) is 8.86. The van der Waals surface area contributed by atoms with Crippen LogP contribution in [0.1, 0.15) is 19.8 Å². The van der Waals surface area contributed by atoms with Crippen LogP contribution < -0.4 is 5.32 Å². The summed E-state index contributed by atoms with van der Waals surface area (Å²) in [7, 11) is 1.74. The number of nitrogens with one attached hydrogen (secondary N) is 1. The molecule has 0 aromatic rings. The number of methoxy groups -OCH3 is 1. The van der Waals surface area contributed by atoms with Gasteiger partial charge in [-0.3, -0.25) is 4.90 Å². The normalized spacial score (nSPS) is 32.0. The zero-order valence-corrected chi connectivity index (χ0v) is 11.9. The molecule has 2 aliphatic rings. The smallest absolute Gasteiger partial charge is 0.0593 e. The van der Waals surface area contributed by atoms with Crippen molar-refractivity contribution in [2.45, 2.75) is 25.8 Å². The third-order valence-corrected chi connectivity index (χ3v) is 4.40. The molecule has 0 amide bonds. The first-order valence-corrected chi connectivity index (χ1v) is 7.38. The second kappa shape index (κ2) is 7.43. The molecule has 0 bridgehead atoms. The lowest BCUT2D eigenvalue weighted by atomic mass is 9.93. The molecule has 0 saturated carbocycles. The minimum Gasteiger partial charge on any atom is -0.385 e. The fraction of sp³-hybridized carbons (Fsp3) is 1.00. The number of rotatable bonds is 8. The quantitative estimate of drug-likeness (QED) is 0.656. The van der Waals surface area contributed by atoms with Crippen molar-refractivity contribution < 1.29 is 9.47 Å². The average Bonchev–Trinajstić information content (AvgIpc) is 2.93. The summed E-state index contributed by atoms with van der Waals surface area (Å²) in [5.74, 6) is 1.76. The SMILES string of the molecule is CCC1C2CNCC2CN1CCOCCCOC. The van der Waals surface area contributed by atoms with Crippen molar-refractivity contribution in [2.75, 3.05) is 53.1 Å². The first kappa shape index (κ1) is 14.3. The van der Waals surface area contributed by atoms with Crippen LogP contribution in [-0.4, -0.2) is 64.1 Å². The van der Waals surface area contributed by atoms with E-state index in [2.05, 4.69) is 17.1 Å². The van der Waals surface area contributed by atoms with Crippen molar-refractivity contribution in [3.05, 3.63) is 0 Å². The van der Waals surface area contributed by atoms with Gasteiger partial charge in [-0.25, -0.2) is 0 Å². The Morgan fingerprint density at radius 2 is 2.11 bits per heavy atom. The van der Waals surface area contributed by atoms with Crippen LogP contribution in [0.3, 0.4) is 0 Å². The van der Waals surface area contributed by atoms with Crippen molar-refractivity contribution in [2.24, 2.45) is 11.8 Å². The number of hydrogen-bond donors (Lipinski definition) is 1. The predicted octanol–water partition coefficient (Wildman–Crippen LogP) is 0.969. The van der Waals surface area contributed by atoms with Crippen LogP contribution >= 0.6 is 0 Å². The van der Waals surface area contributed by atoms with Gasteiger partial charge in [0.2, 0.25) is 0 Å². The van der Waals surface area contributed by atoms with Crippen molar-refractivity contribution in [1.29, 1.82) is 0 Å². The summed E-state index contributed by atoms with van der Waals surface area (Å²) < 4.78 is 10.7. The van der Waals surface area contributed by atoms with Gasteiger partial charge in [-0.05, 0) is 37.8 Å². The molecular formula is C14H28N2O2. The highest BCUT2D eigenvalue weighted by atomic mass is 16.5. The van der Waals surface area contributed by atoms with E-state index in [0.29, 0.717) is 0 Å². The maximum atomic E-state index is 5.68. The minimum atomic E-state index is 0.771. The first-order valence-electron chi connectivity index (χ1n) is 7.38. The van der Waals surface area contributed by atoms with Gasteiger partial charge in [-0.15, -0.1) is 0 Å². The van der Waals surface area contributed by atoms with Gasteiger partial charge >= 0.3 is 0 Å². The van der Waals surface area contributed by atoms with Crippen LogP contribution in [0.4, 0.5) is 0 Å². The second-order valence-corrected chi connectivity index (χ2v) is 5.51. The molecule has 0 spiro atoms. The lowest BCUT2D eigenvalue weighted by Crippen LogP contribution is -2.37. The summed E-state index contributed by atoms with van der Waals surface area (Å²) in [6.45, 7) is 9.60. The number of nitrogens with zero attached hydrogens (tertiary/aromatic N) is 1. The number of likely N-dealkylation sites (tertiary alicyclic amines) is 1. The van der Waals surface area contributed by atoms with Crippen LogP contribution in [0.2, 0.25) is 0 Å². The third kappa shape index (κ3) is 3.44. The fourth-order valence-electron chi connectivity index (χ4n) is 3.52. The van der Waals surface area contributed by atoms with E-state index in [1.807, 2.05) is 0 Å². The lowest BCUT2D eigenvalue weighted by Gasteiger charge is -2.26. The van der Waals surface area contributed by atoms with E-state index in [-0.39, 0.29) is 0 Å². The highest BCUT2D eigenvalue weighted by Crippen LogP contribution is 2.33. The zero-order chi connectivity index (χ0) is 12.8. The molecule has 0 aliphatic carbocycles. The molecule has 2 heterocycles. The molecule has 0 aromatic carbocycles. The highest BCUT2D eigenvalue weighted by molar-refractivity contribution is 4.97. The van der Waals surface area contributed by atoms with Crippen LogP contribution in [-0.2, 0) is 9.47 Å². The van der Waals surface area contributed by atoms with Crippen molar-refractivity contribution >= 4 is 0 Å². The van der Waals surface area contributed by atoms with Crippen molar-refractivity contribution in [1.82, 2.24) is 10.2 Å². The molecule has 3 unspecified atom stereocenters. The molecule has 0 radical (unpaired) electrons. The van der Waals surface area contributed by atoms with Crippen molar-refractivity contribution in [3.8, 4) is 0 Å². The van der Waals surface area contributed by atoms with Gasteiger partial charge in [-0.2, -0.15) is 0 Å². The molecule has 2 saturated heterocycles. The van der Waals surface area contributed by atoms with Gasteiger partial charge in [0.15, 0.2) is 0 Å². The van der Waals surface area contributed by atoms with Gasteiger partial charge in [0.25, 0.3) is 0 Å². The summed E-state index contributed by atoms with van der Waals surface area (Å²) in [5.41, 5.74) is 0. The molecule has 106 valence electrons. The monoisotopic (exact) mass is 256 g/mol. The lowest BCUT2D eigenvalue weighted by molar-refractivity contribution is 0.0772. The Morgan fingerprint density at radius 1 is 1.22 bits per heavy atom. The van der Waals surface area contributed by atoms with Gasteiger partial charge in [0.05, 0.1) is 6.61 Å². The van der Waals surface area contributed by atoms with Crippen LogP contribution in [0.15, 0.2) is 0 Å². The van der Waals surface area contributed by atoms with Crippen molar-refractivity contribution in [3.63, 3.8) is 0 Å².